The minimum absolute atomic E-state index is 0.139. The van der Waals surface area contributed by atoms with E-state index in [1.807, 2.05) is 12.1 Å². The molecular weight excluding hydrogens is 237 g/mol. The third-order valence-electron chi connectivity index (χ3n) is 3.88. The number of hydrogen-bond donors (Lipinski definition) is 1. The molecule has 0 aromatic heterocycles. The molecule has 0 radical (unpaired) electrons. The second-order valence-electron chi connectivity index (χ2n) is 5.32. The van der Waals surface area contributed by atoms with Crippen molar-refractivity contribution in [2.75, 3.05) is 5.32 Å². The number of anilines is 1. The molecule has 98 valence electrons. The monoisotopic (exact) mass is 255 g/mol. The number of fused-ring (bicyclic) bond motifs is 1. The highest BCUT2D eigenvalue weighted by molar-refractivity contribution is 5.47. The Hall–Kier alpha value is -1.83. The van der Waals surface area contributed by atoms with Gasteiger partial charge in [0.25, 0.3) is 0 Å². The van der Waals surface area contributed by atoms with Gasteiger partial charge in [0.05, 0.1) is 0 Å². The van der Waals surface area contributed by atoms with Crippen LogP contribution in [0.2, 0.25) is 0 Å². The number of halogens is 1. The second kappa shape index (κ2) is 5.04. The van der Waals surface area contributed by atoms with Crippen molar-refractivity contribution in [3.05, 3.63) is 65.0 Å². The molecule has 2 aromatic carbocycles. The summed E-state index contributed by atoms with van der Waals surface area (Å²) in [5.74, 6) is -0.139. The average Bonchev–Trinajstić information content (AvgIpc) is 2.43. The first-order valence-electron chi connectivity index (χ1n) is 6.82. The summed E-state index contributed by atoms with van der Waals surface area (Å²) >= 11 is 0. The highest BCUT2D eigenvalue weighted by atomic mass is 19.1. The molecule has 19 heavy (non-hydrogen) atoms. The van der Waals surface area contributed by atoms with Crippen molar-refractivity contribution in [2.24, 2.45) is 0 Å². The Morgan fingerprint density at radius 1 is 1.11 bits per heavy atom. The zero-order chi connectivity index (χ0) is 13.2. The number of aryl methyl sites for hydroxylation is 2. The van der Waals surface area contributed by atoms with Gasteiger partial charge in [-0.15, -0.1) is 0 Å². The van der Waals surface area contributed by atoms with Crippen molar-refractivity contribution in [2.45, 2.75) is 32.2 Å². The Labute approximate surface area is 113 Å². The molecule has 1 N–H and O–H groups in total. The van der Waals surface area contributed by atoms with Gasteiger partial charge in [0.1, 0.15) is 5.82 Å². The predicted molar refractivity (Wildman–Crippen MR) is 77.0 cm³/mol. The Kier molecular flexibility index (Phi) is 3.24. The maximum atomic E-state index is 13.2. The van der Waals surface area contributed by atoms with E-state index in [-0.39, 0.29) is 5.82 Å². The van der Waals surface area contributed by atoms with E-state index in [2.05, 4.69) is 29.6 Å². The van der Waals surface area contributed by atoms with Crippen LogP contribution in [-0.4, -0.2) is 6.04 Å². The number of nitrogens with one attached hydrogen (secondary N) is 1. The summed E-state index contributed by atoms with van der Waals surface area (Å²) in [5, 5.41) is 3.52. The molecule has 0 saturated heterocycles. The van der Waals surface area contributed by atoms with Crippen LogP contribution in [0.25, 0.3) is 0 Å². The Bertz CT molecular complexity index is 592. The molecular formula is C17H18FN. The zero-order valence-electron chi connectivity index (χ0n) is 11.1. The first kappa shape index (κ1) is 12.2. The number of rotatable bonds is 2. The van der Waals surface area contributed by atoms with Crippen LogP contribution in [0.3, 0.4) is 0 Å². The van der Waals surface area contributed by atoms with Crippen molar-refractivity contribution in [1.29, 1.82) is 0 Å². The van der Waals surface area contributed by atoms with Gasteiger partial charge in [0, 0.05) is 11.7 Å². The van der Waals surface area contributed by atoms with Gasteiger partial charge in [-0.3, -0.25) is 0 Å². The van der Waals surface area contributed by atoms with Crippen LogP contribution in [0, 0.1) is 12.7 Å². The molecule has 0 amide bonds. The lowest BCUT2D eigenvalue weighted by Crippen LogP contribution is -2.27. The van der Waals surface area contributed by atoms with Gasteiger partial charge in [-0.05, 0) is 61.1 Å². The molecule has 2 heteroatoms. The van der Waals surface area contributed by atoms with Crippen molar-refractivity contribution < 1.29 is 4.39 Å². The fraction of sp³-hybridized carbons (Fsp3) is 0.294. The highest BCUT2D eigenvalue weighted by Crippen LogP contribution is 2.24. The molecule has 0 heterocycles. The van der Waals surface area contributed by atoms with Crippen molar-refractivity contribution in [3.63, 3.8) is 0 Å². The number of hydrogen-bond acceptors (Lipinski definition) is 1. The molecule has 0 bridgehead atoms. The Morgan fingerprint density at radius 3 is 2.68 bits per heavy atom. The Morgan fingerprint density at radius 2 is 1.89 bits per heavy atom. The fourth-order valence-electron chi connectivity index (χ4n) is 2.79. The lowest BCUT2D eigenvalue weighted by Gasteiger charge is -2.26. The summed E-state index contributed by atoms with van der Waals surface area (Å²) in [4.78, 5) is 0. The fourth-order valence-corrected chi connectivity index (χ4v) is 2.79. The van der Waals surface area contributed by atoms with Crippen molar-refractivity contribution in [1.82, 2.24) is 0 Å². The van der Waals surface area contributed by atoms with E-state index in [0.29, 0.717) is 11.6 Å². The molecule has 3 rings (SSSR count). The molecule has 0 spiro atoms. The largest absolute Gasteiger partial charge is 0.382 e. The smallest absolute Gasteiger partial charge is 0.126 e. The predicted octanol–water partition coefficient (Wildman–Crippen LogP) is 4.10. The van der Waals surface area contributed by atoms with Crippen LogP contribution < -0.4 is 5.32 Å². The van der Waals surface area contributed by atoms with Gasteiger partial charge in [-0.1, -0.05) is 24.3 Å². The van der Waals surface area contributed by atoms with Gasteiger partial charge >= 0.3 is 0 Å². The van der Waals surface area contributed by atoms with E-state index in [0.717, 1.165) is 24.9 Å². The van der Waals surface area contributed by atoms with Crippen LogP contribution in [0.1, 0.15) is 23.1 Å². The molecule has 0 fully saturated rings. The van der Waals surface area contributed by atoms with E-state index >= 15 is 0 Å². The summed E-state index contributed by atoms with van der Waals surface area (Å²) in [6.07, 6.45) is 3.30. The van der Waals surface area contributed by atoms with Crippen LogP contribution in [-0.2, 0) is 12.8 Å². The maximum absolute atomic E-state index is 13.2. The van der Waals surface area contributed by atoms with E-state index < -0.39 is 0 Å². The summed E-state index contributed by atoms with van der Waals surface area (Å²) < 4.78 is 13.2. The number of benzene rings is 2. The van der Waals surface area contributed by atoms with Crippen LogP contribution in [0.15, 0.2) is 42.5 Å². The summed E-state index contributed by atoms with van der Waals surface area (Å²) in [5.41, 5.74) is 4.62. The lowest BCUT2D eigenvalue weighted by molar-refractivity contribution is 0.607. The summed E-state index contributed by atoms with van der Waals surface area (Å²) in [7, 11) is 0. The van der Waals surface area contributed by atoms with Crippen LogP contribution >= 0.6 is 0 Å². The SMILES string of the molecule is Cc1cc(NC2CCc3ccccc3C2)ccc1F. The standard InChI is InChI=1S/C17H18FN/c1-12-10-15(8-9-17(12)18)19-16-7-6-13-4-2-3-5-14(13)11-16/h2-5,8-10,16,19H,6-7,11H2,1H3. The van der Waals surface area contributed by atoms with Gasteiger partial charge in [-0.2, -0.15) is 0 Å². The van der Waals surface area contributed by atoms with E-state index in [4.69, 9.17) is 0 Å². The molecule has 1 aliphatic rings. The third kappa shape index (κ3) is 2.62. The summed E-state index contributed by atoms with van der Waals surface area (Å²) in [6.45, 7) is 1.80. The van der Waals surface area contributed by atoms with E-state index in [1.54, 1.807) is 6.92 Å². The Balaban J connectivity index is 1.73. The molecule has 1 aliphatic carbocycles. The highest BCUT2D eigenvalue weighted by Gasteiger charge is 2.17. The van der Waals surface area contributed by atoms with E-state index in [9.17, 15) is 4.39 Å². The normalized spacial score (nSPS) is 17.9. The van der Waals surface area contributed by atoms with Gasteiger partial charge in [0.2, 0.25) is 0 Å². The van der Waals surface area contributed by atoms with Crippen LogP contribution in [0.5, 0.6) is 0 Å². The zero-order valence-corrected chi connectivity index (χ0v) is 11.1. The maximum Gasteiger partial charge on any atom is 0.126 e. The molecule has 0 saturated carbocycles. The molecule has 1 unspecified atom stereocenters. The molecule has 2 aromatic rings. The van der Waals surface area contributed by atoms with Crippen molar-refractivity contribution in [3.8, 4) is 0 Å². The first-order chi connectivity index (χ1) is 9.22. The molecule has 1 nitrogen and oxygen atoms in total. The quantitative estimate of drug-likeness (QED) is 0.851. The van der Waals surface area contributed by atoms with Crippen molar-refractivity contribution >= 4 is 5.69 Å². The average molecular weight is 255 g/mol. The lowest BCUT2D eigenvalue weighted by atomic mass is 9.88. The topological polar surface area (TPSA) is 12.0 Å². The summed E-state index contributed by atoms with van der Waals surface area (Å²) in [6, 6.07) is 14.3. The molecule has 1 atom stereocenters. The van der Waals surface area contributed by atoms with Gasteiger partial charge in [0.15, 0.2) is 0 Å². The van der Waals surface area contributed by atoms with Gasteiger partial charge in [-0.25, -0.2) is 4.39 Å². The molecule has 0 aliphatic heterocycles. The van der Waals surface area contributed by atoms with Crippen LogP contribution in [0.4, 0.5) is 10.1 Å². The second-order valence-corrected chi connectivity index (χ2v) is 5.32. The third-order valence-corrected chi connectivity index (χ3v) is 3.88. The van der Waals surface area contributed by atoms with Gasteiger partial charge < -0.3 is 5.32 Å². The minimum Gasteiger partial charge on any atom is -0.382 e. The minimum atomic E-state index is -0.139. The first-order valence-corrected chi connectivity index (χ1v) is 6.82. The van der Waals surface area contributed by atoms with E-state index in [1.165, 1.54) is 17.2 Å².